The summed E-state index contributed by atoms with van der Waals surface area (Å²) in [4.78, 5) is 46.6. The Labute approximate surface area is 173 Å². The molecule has 0 saturated heterocycles. The van der Waals surface area contributed by atoms with E-state index in [4.69, 9.17) is 9.47 Å². The number of amides is 3. The van der Waals surface area contributed by atoms with Crippen LogP contribution in [0.2, 0.25) is 0 Å². The van der Waals surface area contributed by atoms with Crippen molar-refractivity contribution in [1.82, 2.24) is 0 Å². The fraction of sp³-hybridized carbons (Fsp3) is 0.238. The molecule has 2 aromatic carbocycles. The fourth-order valence-electron chi connectivity index (χ4n) is 2.43. The first-order valence-electron chi connectivity index (χ1n) is 9.13. The van der Waals surface area contributed by atoms with Crippen LogP contribution in [0, 0.1) is 0 Å². The molecule has 9 heteroatoms. The predicted molar refractivity (Wildman–Crippen MR) is 111 cm³/mol. The van der Waals surface area contributed by atoms with E-state index >= 15 is 0 Å². The lowest BCUT2D eigenvalue weighted by Crippen LogP contribution is -2.22. The first-order valence-corrected chi connectivity index (χ1v) is 9.13. The minimum atomic E-state index is -0.665. The van der Waals surface area contributed by atoms with Gasteiger partial charge < -0.3 is 25.4 Å². The highest BCUT2D eigenvalue weighted by atomic mass is 16.5. The van der Waals surface area contributed by atoms with Crippen molar-refractivity contribution in [2.24, 2.45) is 0 Å². The van der Waals surface area contributed by atoms with Crippen LogP contribution in [0.4, 0.5) is 17.1 Å². The van der Waals surface area contributed by atoms with E-state index in [2.05, 4.69) is 16.0 Å². The summed E-state index contributed by atoms with van der Waals surface area (Å²) in [6.45, 7) is 0.931. The van der Waals surface area contributed by atoms with Crippen molar-refractivity contribution in [3.05, 3.63) is 48.5 Å². The van der Waals surface area contributed by atoms with Crippen LogP contribution >= 0.6 is 0 Å². The first kappa shape index (κ1) is 22.4. The topological polar surface area (TPSA) is 123 Å². The average Bonchev–Trinajstić information content (AvgIpc) is 2.72. The second kappa shape index (κ2) is 11.2. The number of nitrogens with one attached hydrogen (secondary N) is 3. The van der Waals surface area contributed by atoms with E-state index in [0.29, 0.717) is 22.8 Å². The molecule has 2 rings (SSSR count). The molecule has 0 aromatic heterocycles. The molecule has 0 heterocycles. The molecule has 0 aliphatic rings. The molecule has 0 fully saturated rings. The molecule has 0 aliphatic heterocycles. The number of benzene rings is 2. The number of carbonyl (C=O) groups is 4. The van der Waals surface area contributed by atoms with Crippen molar-refractivity contribution in [3.63, 3.8) is 0 Å². The van der Waals surface area contributed by atoms with Gasteiger partial charge in [0.1, 0.15) is 5.75 Å². The number of esters is 1. The summed E-state index contributed by atoms with van der Waals surface area (Å²) in [6, 6.07) is 13.4. The molecule has 30 heavy (non-hydrogen) atoms. The third kappa shape index (κ3) is 7.63. The molecule has 3 N–H and O–H groups in total. The predicted octanol–water partition coefficient (Wildman–Crippen LogP) is 2.55. The van der Waals surface area contributed by atoms with Crippen molar-refractivity contribution in [2.75, 3.05) is 29.7 Å². The maximum Gasteiger partial charge on any atom is 0.306 e. The van der Waals surface area contributed by atoms with Gasteiger partial charge >= 0.3 is 5.97 Å². The Morgan fingerprint density at radius 3 is 2.07 bits per heavy atom. The number of carbonyl (C=O) groups excluding carboxylic acids is 4. The Bertz CT molecular complexity index is 911. The summed E-state index contributed by atoms with van der Waals surface area (Å²) in [5.74, 6) is -1.27. The van der Waals surface area contributed by atoms with E-state index in [1.165, 1.54) is 14.0 Å². The number of para-hydroxylation sites is 2. The van der Waals surface area contributed by atoms with E-state index in [-0.39, 0.29) is 24.7 Å². The second-order valence-electron chi connectivity index (χ2n) is 6.22. The first-order chi connectivity index (χ1) is 14.4. The number of rotatable bonds is 9. The van der Waals surface area contributed by atoms with Crippen LogP contribution in [0.25, 0.3) is 0 Å². The van der Waals surface area contributed by atoms with E-state index in [0.717, 1.165) is 0 Å². The lowest BCUT2D eigenvalue weighted by molar-refractivity contribution is -0.147. The van der Waals surface area contributed by atoms with Crippen LogP contribution in [0.1, 0.15) is 19.8 Å². The van der Waals surface area contributed by atoms with Crippen molar-refractivity contribution < 1.29 is 28.7 Å². The number of hydrogen-bond donors (Lipinski definition) is 3. The van der Waals surface area contributed by atoms with Gasteiger partial charge in [0.15, 0.2) is 6.61 Å². The summed E-state index contributed by atoms with van der Waals surface area (Å²) in [5, 5.41) is 7.84. The lowest BCUT2D eigenvalue weighted by Gasteiger charge is -2.10. The molecule has 0 unspecified atom stereocenters. The van der Waals surface area contributed by atoms with Crippen LogP contribution in [0.5, 0.6) is 5.75 Å². The molecule has 0 spiro atoms. The zero-order valence-electron chi connectivity index (χ0n) is 16.7. The maximum atomic E-state index is 11.9. The highest BCUT2D eigenvalue weighted by molar-refractivity contribution is 5.95. The van der Waals surface area contributed by atoms with Gasteiger partial charge in [-0.15, -0.1) is 0 Å². The molecule has 0 saturated carbocycles. The Hall–Kier alpha value is -3.88. The number of hydrogen-bond acceptors (Lipinski definition) is 6. The summed E-state index contributed by atoms with van der Waals surface area (Å²) in [6.07, 6.45) is -0.266. The van der Waals surface area contributed by atoms with Crippen LogP contribution in [-0.4, -0.2) is 37.4 Å². The molecule has 0 bridgehead atoms. The Kier molecular flexibility index (Phi) is 8.37. The van der Waals surface area contributed by atoms with Gasteiger partial charge in [-0.2, -0.15) is 0 Å². The quantitative estimate of drug-likeness (QED) is 0.543. The van der Waals surface area contributed by atoms with Gasteiger partial charge in [0, 0.05) is 24.7 Å². The van der Waals surface area contributed by atoms with Crippen molar-refractivity contribution in [3.8, 4) is 5.75 Å². The van der Waals surface area contributed by atoms with Gasteiger partial charge in [-0.25, -0.2) is 0 Å². The van der Waals surface area contributed by atoms with Crippen LogP contribution in [0.15, 0.2) is 48.5 Å². The monoisotopic (exact) mass is 413 g/mol. The van der Waals surface area contributed by atoms with E-state index in [9.17, 15) is 19.2 Å². The molecule has 3 amide bonds. The molecular formula is C21H23N3O6. The molecule has 9 nitrogen and oxygen atoms in total. The number of methoxy groups -OCH3 is 1. The smallest absolute Gasteiger partial charge is 0.306 e. The van der Waals surface area contributed by atoms with Crippen molar-refractivity contribution >= 4 is 40.8 Å². The zero-order valence-corrected chi connectivity index (χ0v) is 16.7. The molecule has 0 radical (unpaired) electrons. The Morgan fingerprint density at radius 2 is 1.43 bits per heavy atom. The minimum absolute atomic E-state index is 0.0968. The van der Waals surface area contributed by atoms with Crippen LogP contribution < -0.4 is 20.7 Å². The summed E-state index contributed by atoms with van der Waals surface area (Å²) in [5.41, 5.74) is 1.60. The van der Waals surface area contributed by atoms with Gasteiger partial charge in [0.25, 0.3) is 5.91 Å². The SMILES string of the molecule is COc1ccccc1NC(=O)COC(=O)CCC(=O)Nc1ccc(NC(C)=O)cc1. The summed E-state index contributed by atoms with van der Waals surface area (Å²) < 4.78 is 10.0. The minimum Gasteiger partial charge on any atom is -0.495 e. The third-order valence-electron chi connectivity index (χ3n) is 3.79. The van der Waals surface area contributed by atoms with Crippen LogP contribution in [0.3, 0.4) is 0 Å². The second-order valence-corrected chi connectivity index (χ2v) is 6.22. The van der Waals surface area contributed by atoms with E-state index in [1.807, 2.05) is 0 Å². The number of ether oxygens (including phenoxy) is 2. The van der Waals surface area contributed by atoms with Crippen LogP contribution in [-0.2, 0) is 23.9 Å². The highest BCUT2D eigenvalue weighted by Gasteiger charge is 2.12. The molecule has 0 atom stereocenters. The maximum absolute atomic E-state index is 11.9. The lowest BCUT2D eigenvalue weighted by atomic mass is 10.2. The van der Waals surface area contributed by atoms with E-state index in [1.54, 1.807) is 48.5 Å². The van der Waals surface area contributed by atoms with E-state index < -0.39 is 18.5 Å². The Balaban J connectivity index is 1.70. The summed E-state index contributed by atoms with van der Waals surface area (Å²) >= 11 is 0. The number of anilines is 3. The largest absolute Gasteiger partial charge is 0.495 e. The molecular weight excluding hydrogens is 390 g/mol. The third-order valence-corrected chi connectivity index (χ3v) is 3.79. The van der Waals surface area contributed by atoms with Gasteiger partial charge in [-0.3, -0.25) is 19.2 Å². The standard InChI is InChI=1S/C21H23N3O6/c1-14(25)22-15-7-9-16(10-8-15)23-19(26)11-12-21(28)30-13-20(27)24-17-5-3-4-6-18(17)29-2/h3-10H,11-13H2,1-2H3,(H,22,25)(H,23,26)(H,24,27). The molecule has 158 valence electrons. The summed E-state index contributed by atoms with van der Waals surface area (Å²) in [7, 11) is 1.48. The average molecular weight is 413 g/mol. The van der Waals surface area contributed by atoms with Crippen molar-refractivity contribution in [2.45, 2.75) is 19.8 Å². The zero-order chi connectivity index (χ0) is 21.9. The fourth-order valence-corrected chi connectivity index (χ4v) is 2.43. The molecule has 2 aromatic rings. The highest BCUT2D eigenvalue weighted by Crippen LogP contribution is 2.22. The van der Waals surface area contributed by atoms with Gasteiger partial charge in [-0.1, -0.05) is 12.1 Å². The van der Waals surface area contributed by atoms with Gasteiger partial charge in [-0.05, 0) is 36.4 Å². The molecule has 0 aliphatic carbocycles. The Morgan fingerprint density at radius 1 is 0.800 bits per heavy atom. The normalized spacial score (nSPS) is 9.93. The van der Waals surface area contributed by atoms with Gasteiger partial charge in [0.2, 0.25) is 11.8 Å². The van der Waals surface area contributed by atoms with Crippen molar-refractivity contribution in [1.29, 1.82) is 0 Å². The van der Waals surface area contributed by atoms with Gasteiger partial charge in [0.05, 0.1) is 19.2 Å².